The molecule has 0 aromatic heterocycles. The highest BCUT2D eigenvalue weighted by molar-refractivity contribution is 5.99. The molecule has 3 aromatic rings. The summed E-state index contributed by atoms with van der Waals surface area (Å²) in [6, 6.07) is 18.7. The molecule has 0 aliphatic heterocycles. The van der Waals surface area contributed by atoms with Crippen LogP contribution in [0.2, 0.25) is 0 Å². The molecule has 3 rings (SSSR count). The minimum absolute atomic E-state index is 0.0213. The summed E-state index contributed by atoms with van der Waals surface area (Å²) in [6.07, 6.45) is 2.55. The van der Waals surface area contributed by atoms with E-state index in [4.69, 9.17) is 0 Å². The van der Waals surface area contributed by atoms with Crippen molar-refractivity contribution in [2.24, 2.45) is 0 Å². The molecule has 41 heavy (non-hydrogen) atoms. The second-order valence-electron chi connectivity index (χ2n) is 8.98. The Bertz CT molecular complexity index is 1340. The number of carbonyl (C=O) groups excluding carboxylic acids is 4. The van der Waals surface area contributed by atoms with Gasteiger partial charge in [-0.2, -0.15) is 0 Å². The summed E-state index contributed by atoms with van der Waals surface area (Å²) in [6.45, 7) is -1.47. The Labute approximate surface area is 236 Å². The minimum Gasteiger partial charge on any atom is -0.394 e. The van der Waals surface area contributed by atoms with Crippen LogP contribution in [0.25, 0.3) is 6.08 Å². The Hall–Kier alpha value is -4.87. The maximum absolute atomic E-state index is 13.2. The molecule has 4 amide bonds. The van der Waals surface area contributed by atoms with E-state index in [-0.39, 0.29) is 6.42 Å². The number of amides is 4. The first-order valence-corrected chi connectivity index (χ1v) is 12.8. The zero-order valence-corrected chi connectivity index (χ0v) is 22.0. The van der Waals surface area contributed by atoms with Crippen molar-refractivity contribution >= 4 is 35.4 Å². The van der Waals surface area contributed by atoms with Gasteiger partial charge in [-0.15, -0.1) is 0 Å². The first-order valence-electron chi connectivity index (χ1n) is 12.8. The maximum atomic E-state index is 13.2. The summed E-state index contributed by atoms with van der Waals surface area (Å²) in [5.41, 5.74) is 1.70. The molecule has 6 N–H and O–H groups in total. The molecule has 0 aliphatic rings. The van der Waals surface area contributed by atoms with Gasteiger partial charge in [-0.05, 0) is 41.5 Å². The zero-order valence-electron chi connectivity index (χ0n) is 22.0. The van der Waals surface area contributed by atoms with Gasteiger partial charge in [0.05, 0.1) is 13.2 Å². The van der Waals surface area contributed by atoms with E-state index in [0.717, 1.165) is 6.08 Å². The number of aliphatic hydroxyl groups is 2. The van der Waals surface area contributed by atoms with Crippen molar-refractivity contribution in [2.75, 3.05) is 18.5 Å². The molecule has 0 saturated carbocycles. The molecule has 0 bridgehead atoms. The maximum Gasteiger partial charge on any atom is 0.249 e. The molecule has 0 heterocycles. The van der Waals surface area contributed by atoms with Crippen LogP contribution in [0.4, 0.5) is 10.1 Å². The highest BCUT2D eigenvalue weighted by atomic mass is 19.1. The molecule has 11 heteroatoms. The van der Waals surface area contributed by atoms with Crippen LogP contribution in [-0.4, -0.2) is 65.2 Å². The van der Waals surface area contributed by atoms with Crippen LogP contribution >= 0.6 is 0 Å². The van der Waals surface area contributed by atoms with Crippen molar-refractivity contribution in [1.29, 1.82) is 0 Å². The van der Waals surface area contributed by atoms with Crippen molar-refractivity contribution in [1.82, 2.24) is 16.0 Å². The van der Waals surface area contributed by atoms with E-state index in [2.05, 4.69) is 21.3 Å². The van der Waals surface area contributed by atoms with Gasteiger partial charge in [0.25, 0.3) is 0 Å². The lowest BCUT2D eigenvalue weighted by atomic mass is 10.0. The SMILES string of the molecule is O=C(/C=C/c1ccc(F)cc1)N[C@@H](CO)C(=O)N[C@@H](Cc1ccccc1)C(=O)N[C@@H](CO)C(=O)Nc1ccccc1. The number of halogens is 1. The smallest absolute Gasteiger partial charge is 0.249 e. The number of rotatable bonds is 13. The number of anilines is 1. The number of para-hydroxylation sites is 1. The number of hydrogen-bond acceptors (Lipinski definition) is 6. The van der Waals surface area contributed by atoms with Crippen LogP contribution in [-0.2, 0) is 25.6 Å². The average molecular weight is 563 g/mol. The van der Waals surface area contributed by atoms with Crippen LogP contribution in [0.15, 0.2) is 91.0 Å². The Balaban J connectivity index is 1.68. The Kier molecular flexibility index (Phi) is 11.7. The van der Waals surface area contributed by atoms with E-state index in [9.17, 15) is 33.8 Å². The predicted molar refractivity (Wildman–Crippen MR) is 151 cm³/mol. The third-order valence-electron chi connectivity index (χ3n) is 5.89. The van der Waals surface area contributed by atoms with Crippen molar-refractivity contribution in [3.63, 3.8) is 0 Å². The molecular weight excluding hydrogens is 531 g/mol. The lowest BCUT2D eigenvalue weighted by Gasteiger charge is -2.24. The van der Waals surface area contributed by atoms with Crippen molar-refractivity contribution in [2.45, 2.75) is 24.5 Å². The van der Waals surface area contributed by atoms with Crippen molar-refractivity contribution in [3.05, 3.63) is 108 Å². The van der Waals surface area contributed by atoms with E-state index in [0.29, 0.717) is 16.8 Å². The Morgan fingerprint density at radius 1 is 0.683 bits per heavy atom. The summed E-state index contributed by atoms with van der Waals surface area (Å²) in [7, 11) is 0. The van der Waals surface area contributed by atoms with Gasteiger partial charge >= 0.3 is 0 Å². The molecule has 0 spiro atoms. The highest BCUT2D eigenvalue weighted by Gasteiger charge is 2.29. The molecule has 0 saturated heterocycles. The molecule has 0 radical (unpaired) electrons. The van der Waals surface area contributed by atoms with E-state index < -0.39 is 60.8 Å². The lowest BCUT2D eigenvalue weighted by Crippen LogP contribution is -2.58. The van der Waals surface area contributed by atoms with Gasteiger partial charge in [0.1, 0.15) is 23.9 Å². The van der Waals surface area contributed by atoms with Gasteiger partial charge in [0, 0.05) is 18.2 Å². The summed E-state index contributed by atoms with van der Waals surface area (Å²) in [5.74, 6) is -3.40. The minimum atomic E-state index is -1.40. The van der Waals surface area contributed by atoms with Gasteiger partial charge < -0.3 is 31.5 Å². The van der Waals surface area contributed by atoms with Crippen LogP contribution in [0, 0.1) is 5.82 Å². The normalized spacial score (nSPS) is 13.0. The topological polar surface area (TPSA) is 157 Å². The summed E-state index contributed by atoms with van der Waals surface area (Å²) >= 11 is 0. The van der Waals surface area contributed by atoms with E-state index >= 15 is 0 Å². The standard InChI is InChI=1S/C30H31FN4O6/c31-22-14-11-20(12-15-22)13-16-27(38)33-25(18-36)30(41)34-24(17-21-7-3-1-4-8-21)28(39)35-26(19-37)29(40)32-23-9-5-2-6-10-23/h1-16,24-26,36-37H,17-19H2,(H,32,40)(H,33,38)(H,34,41)(H,35,39)/b16-13+/t24-,25-,26-/m0/s1. The van der Waals surface area contributed by atoms with Crippen LogP contribution in [0.1, 0.15) is 11.1 Å². The Morgan fingerprint density at radius 2 is 1.22 bits per heavy atom. The number of aliphatic hydroxyl groups excluding tert-OH is 2. The van der Waals surface area contributed by atoms with Crippen LogP contribution < -0.4 is 21.3 Å². The fourth-order valence-electron chi connectivity index (χ4n) is 3.71. The number of carbonyl (C=O) groups is 4. The van der Waals surface area contributed by atoms with Gasteiger partial charge in [-0.3, -0.25) is 19.2 Å². The zero-order chi connectivity index (χ0) is 29.6. The van der Waals surface area contributed by atoms with E-state index in [1.54, 1.807) is 60.7 Å². The quantitative estimate of drug-likeness (QED) is 0.172. The summed E-state index contributed by atoms with van der Waals surface area (Å²) < 4.78 is 13.1. The lowest BCUT2D eigenvalue weighted by molar-refractivity contribution is -0.133. The van der Waals surface area contributed by atoms with Gasteiger partial charge in [0.2, 0.25) is 23.6 Å². The van der Waals surface area contributed by atoms with E-state index in [1.165, 1.54) is 30.3 Å². The molecule has 0 fully saturated rings. The number of hydrogen-bond donors (Lipinski definition) is 6. The second-order valence-corrected chi connectivity index (χ2v) is 8.98. The predicted octanol–water partition coefficient (Wildman–Crippen LogP) is 1.16. The van der Waals surface area contributed by atoms with Gasteiger partial charge in [-0.1, -0.05) is 60.7 Å². The van der Waals surface area contributed by atoms with E-state index in [1.807, 2.05) is 0 Å². The average Bonchev–Trinajstić information content (AvgIpc) is 2.98. The van der Waals surface area contributed by atoms with Gasteiger partial charge in [0.15, 0.2) is 0 Å². The van der Waals surface area contributed by atoms with Crippen molar-refractivity contribution in [3.8, 4) is 0 Å². The first-order chi connectivity index (χ1) is 19.8. The molecule has 214 valence electrons. The fraction of sp³-hybridized carbons (Fsp3) is 0.200. The summed E-state index contributed by atoms with van der Waals surface area (Å²) in [4.78, 5) is 51.2. The molecule has 10 nitrogen and oxygen atoms in total. The molecular formula is C30H31FN4O6. The Morgan fingerprint density at radius 3 is 1.83 bits per heavy atom. The number of benzene rings is 3. The molecule has 0 aliphatic carbocycles. The van der Waals surface area contributed by atoms with Gasteiger partial charge in [-0.25, -0.2) is 4.39 Å². The number of nitrogens with one attached hydrogen (secondary N) is 4. The molecule has 3 aromatic carbocycles. The first kappa shape index (κ1) is 30.7. The summed E-state index contributed by atoms with van der Waals surface area (Å²) in [5, 5.41) is 29.5. The highest BCUT2D eigenvalue weighted by Crippen LogP contribution is 2.08. The molecule has 3 atom stereocenters. The largest absolute Gasteiger partial charge is 0.394 e. The molecule has 0 unspecified atom stereocenters. The van der Waals surface area contributed by atoms with Crippen LogP contribution in [0.5, 0.6) is 0 Å². The third kappa shape index (κ3) is 9.99. The fourth-order valence-corrected chi connectivity index (χ4v) is 3.71. The third-order valence-corrected chi connectivity index (χ3v) is 5.89. The second kappa shape index (κ2) is 15.7. The van der Waals surface area contributed by atoms with Crippen LogP contribution in [0.3, 0.4) is 0 Å². The van der Waals surface area contributed by atoms with Crippen molar-refractivity contribution < 1.29 is 33.8 Å². The monoisotopic (exact) mass is 562 g/mol.